The number of halogens is 8. The first-order valence-electron chi connectivity index (χ1n) is 10.4. The molecule has 0 aliphatic heterocycles. The van der Waals surface area contributed by atoms with Crippen LogP contribution in [0.4, 0.5) is 0 Å². The van der Waals surface area contributed by atoms with Gasteiger partial charge in [0.25, 0.3) is 0 Å². The molecule has 0 nitrogen and oxygen atoms in total. The van der Waals surface area contributed by atoms with Crippen LogP contribution in [0.3, 0.4) is 0 Å². The molecule has 0 fully saturated rings. The van der Waals surface area contributed by atoms with Crippen LogP contribution in [0, 0.1) is 6.92 Å². The fourth-order valence-electron chi connectivity index (χ4n) is 3.55. The summed E-state index contributed by atoms with van der Waals surface area (Å²) in [5, 5.41) is 0. The van der Waals surface area contributed by atoms with Crippen molar-refractivity contribution in [3.8, 4) is 0 Å². The van der Waals surface area contributed by atoms with Crippen LogP contribution in [0.15, 0.2) is 6.07 Å². The van der Waals surface area contributed by atoms with Crippen LogP contribution >= 0.6 is 88.6 Å². The molecular weight excluding hydrogens is 624 g/mol. The van der Waals surface area contributed by atoms with Crippen molar-refractivity contribution in [1.29, 1.82) is 0 Å². The average molecular weight is 656 g/mol. The summed E-state index contributed by atoms with van der Waals surface area (Å²) < 4.78 is 0. The standard InChI is InChI=1S/C19H32Cl8Si4/c1-15-16(6-10-28(2,20)21)14-17(7-11-29(3,22)23)19(9-13-31(5,26)27)18(15)8-12-30(4,24)25/h14H,6-13H2,1-5H3. The van der Waals surface area contributed by atoms with Gasteiger partial charge in [-0.15, -0.1) is 88.6 Å². The lowest BCUT2D eigenvalue weighted by Gasteiger charge is -2.24. The minimum atomic E-state index is -2.25. The van der Waals surface area contributed by atoms with Crippen LogP contribution in [0.5, 0.6) is 0 Å². The van der Waals surface area contributed by atoms with Gasteiger partial charge in [-0.1, -0.05) is 6.07 Å². The monoisotopic (exact) mass is 652 g/mol. The van der Waals surface area contributed by atoms with Crippen molar-refractivity contribution < 1.29 is 0 Å². The van der Waals surface area contributed by atoms with Gasteiger partial charge in [0.05, 0.1) is 0 Å². The molecule has 0 spiro atoms. The molecule has 1 aromatic rings. The van der Waals surface area contributed by atoms with Crippen LogP contribution in [0.1, 0.15) is 27.8 Å². The summed E-state index contributed by atoms with van der Waals surface area (Å²) in [4.78, 5) is 0. The number of hydrogen-bond acceptors (Lipinski definition) is 0. The summed E-state index contributed by atoms with van der Waals surface area (Å²) in [5.74, 6) is 0. The average Bonchev–Trinajstić information content (AvgIpc) is 2.53. The number of rotatable bonds is 12. The second-order valence-corrected chi connectivity index (χ2v) is 42.0. The highest BCUT2D eigenvalue weighted by atomic mass is 35.7. The van der Waals surface area contributed by atoms with Crippen LogP contribution < -0.4 is 0 Å². The molecule has 31 heavy (non-hydrogen) atoms. The van der Waals surface area contributed by atoms with E-state index in [4.69, 9.17) is 88.6 Å². The normalized spacial score (nSPS) is 13.7. The second-order valence-electron chi connectivity index (χ2n) is 9.06. The molecular formula is C19H32Cl8Si4. The number of aryl methyl sites for hydroxylation is 2. The van der Waals surface area contributed by atoms with E-state index in [9.17, 15) is 0 Å². The Kier molecular flexibility index (Phi) is 12.8. The first-order chi connectivity index (χ1) is 13.8. The van der Waals surface area contributed by atoms with E-state index in [1.54, 1.807) is 0 Å². The Labute approximate surface area is 230 Å². The van der Waals surface area contributed by atoms with Crippen molar-refractivity contribution in [3.05, 3.63) is 33.9 Å². The molecule has 0 bridgehead atoms. The maximum atomic E-state index is 6.47. The van der Waals surface area contributed by atoms with E-state index < -0.39 is 26.8 Å². The topological polar surface area (TPSA) is 0 Å². The molecule has 0 saturated carbocycles. The Balaban J connectivity index is 3.50. The summed E-state index contributed by atoms with van der Waals surface area (Å²) in [6.45, 7) is 1.10. The van der Waals surface area contributed by atoms with E-state index in [0.29, 0.717) is 0 Å². The van der Waals surface area contributed by atoms with Gasteiger partial charge in [0.2, 0.25) is 26.8 Å². The lowest BCUT2D eigenvalue weighted by molar-refractivity contribution is 0.931. The summed E-state index contributed by atoms with van der Waals surface area (Å²) in [6, 6.07) is 5.47. The number of benzene rings is 1. The van der Waals surface area contributed by atoms with E-state index in [1.807, 2.05) is 26.2 Å². The third kappa shape index (κ3) is 13.9. The van der Waals surface area contributed by atoms with Crippen LogP contribution in [-0.2, 0) is 25.7 Å². The summed E-state index contributed by atoms with van der Waals surface area (Å²) in [7, 11) is 0. The van der Waals surface area contributed by atoms with Crippen molar-refractivity contribution in [2.24, 2.45) is 0 Å². The largest absolute Gasteiger partial charge is 0.248 e. The van der Waals surface area contributed by atoms with Gasteiger partial charge in [0, 0.05) is 0 Å². The molecule has 12 heteroatoms. The van der Waals surface area contributed by atoms with Gasteiger partial charge >= 0.3 is 0 Å². The molecule has 0 atom stereocenters. The quantitative estimate of drug-likeness (QED) is 0.155. The molecule has 0 N–H and O–H groups in total. The minimum Gasteiger partial charge on any atom is -0.146 e. The van der Waals surface area contributed by atoms with Gasteiger partial charge in [-0.3, -0.25) is 0 Å². The maximum absolute atomic E-state index is 6.47. The molecule has 0 amide bonds. The molecule has 1 aromatic carbocycles. The van der Waals surface area contributed by atoms with Crippen molar-refractivity contribution in [1.82, 2.24) is 0 Å². The highest BCUT2D eigenvalue weighted by molar-refractivity contribution is 7.46. The molecule has 0 aliphatic rings. The predicted molar refractivity (Wildman–Crippen MR) is 159 cm³/mol. The fraction of sp³-hybridized carbons (Fsp3) is 0.684. The molecule has 0 unspecified atom stereocenters. The Bertz CT molecular complexity index is 731. The van der Waals surface area contributed by atoms with E-state index in [0.717, 1.165) is 49.9 Å². The summed E-state index contributed by atoms with van der Waals surface area (Å²) in [6.07, 6.45) is 3.37. The molecule has 0 radical (unpaired) electrons. The third-order valence-electron chi connectivity index (χ3n) is 5.33. The highest BCUT2D eigenvalue weighted by Crippen LogP contribution is 2.35. The molecule has 0 aliphatic carbocycles. The Morgan fingerprint density at radius 2 is 0.839 bits per heavy atom. The first kappa shape index (κ1) is 31.4. The zero-order chi connectivity index (χ0) is 24.3. The first-order valence-corrected chi connectivity index (χ1v) is 29.3. The van der Waals surface area contributed by atoms with Crippen molar-refractivity contribution in [2.45, 2.75) is 83.0 Å². The zero-order valence-corrected chi connectivity index (χ0v) is 28.8. The predicted octanol–water partition coefficient (Wildman–Crippen LogP) is 10.4. The number of hydrogen-bond donors (Lipinski definition) is 0. The van der Waals surface area contributed by atoms with E-state index in [2.05, 4.69) is 13.0 Å². The van der Waals surface area contributed by atoms with Crippen molar-refractivity contribution >= 4 is 115 Å². The van der Waals surface area contributed by atoms with E-state index in [-0.39, 0.29) is 0 Å². The van der Waals surface area contributed by atoms with Crippen molar-refractivity contribution in [2.75, 3.05) is 0 Å². The lowest BCUT2D eigenvalue weighted by atomic mass is 9.87. The van der Waals surface area contributed by atoms with E-state index >= 15 is 0 Å². The summed E-state index contributed by atoms with van der Waals surface area (Å²) in [5.41, 5.74) is 6.48. The molecule has 180 valence electrons. The van der Waals surface area contributed by atoms with Crippen LogP contribution in [0.25, 0.3) is 0 Å². The minimum absolute atomic E-state index is 0.788. The zero-order valence-electron chi connectivity index (χ0n) is 18.8. The Morgan fingerprint density at radius 3 is 1.23 bits per heavy atom. The fourth-order valence-corrected chi connectivity index (χ4v) is 8.61. The van der Waals surface area contributed by atoms with Crippen LogP contribution in [0.2, 0.25) is 50.4 Å². The van der Waals surface area contributed by atoms with E-state index in [1.165, 1.54) is 27.8 Å². The molecule has 0 heterocycles. The van der Waals surface area contributed by atoms with Crippen LogP contribution in [-0.4, -0.2) is 26.8 Å². The molecule has 0 aromatic heterocycles. The smallest absolute Gasteiger partial charge is 0.146 e. The van der Waals surface area contributed by atoms with Crippen molar-refractivity contribution in [3.63, 3.8) is 0 Å². The summed E-state index contributed by atoms with van der Waals surface area (Å²) >= 11 is 51.6. The maximum Gasteiger partial charge on any atom is 0.248 e. The third-order valence-corrected chi connectivity index (χ3v) is 14.4. The molecule has 0 saturated heterocycles. The van der Waals surface area contributed by atoms with Gasteiger partial charge in [-0.05, 0) is 111 Å². The SMILES string of the molecule is Cc1c(CC[Si](C)(Cl)Cl)cc(CC[Si](C)(Cl)Cl)c(CC[Si](C)(Cl)Cl)c1CC[Si](C)(Cl)Cl. The van der Waals surface area contributed by atoms with Gasteiger partial charge in [0.1, 0.15) is 0 Å². The highest BCUT2D eigenvalue weighted by Gasteiger charge is 2.28. The Morgan fingerprint density at radius 1 is 0.516 bits per heavy atom. The van der Waals surface area contributed by atoms with Gasteiger partial charge in [-0.2, -0.15) is 0 Å². The van der Waals surface area contributed by atoms with Gasteiger partial charge < -0.3 is 0 Å². The molecule has 1 rings (SSSR count). The van der Waals surface area contributed by atoms with Gasteiger partial charge in [-0.25, -0.2) is 0 Å². The second kappa shape index (κ2) is 12.6. The van der Waals surface area contributed by atoms with Gasteiger partial charge in [0.15, 0.2) is 0 Å². The Hall–Kier alpha value is 2.41. The lowest BCUT2D eigenvalue weighted by Crippen LogP contribution is -2.20.